The Morgan fingerprint density at radius 2 is 1.68 bits per heavy atom. The van der Waals surface area contributed by atoms with Crippen LogP contribution in [0.5, 0.6) is 5.75 Å². The normalized spacial score (nSPS) is 14.6. The van der Waals surface area contributed by atoms with E-state index in [9.17, 15) is 9.59 Å². The highest BCUT2D eigenvalue weighted by atomic mass is 35.5. The highest BCUT2D eigenvalue weighted by Crippen LogP contribution is 2.23. The van der Waals surface area contributed by atoms with Crippen LogP contribution in [-0.2, 0) is 11.4 Å². The largest absolute Gasteiger partial charge is 0.489 e. The number of hydrogen-bond donors (Lipinski definition) is 0. The van der Waals surface area contributed by atoms with Crippen molar-refractivity contribution in [1.82, 2.24) is 5.01 Å². The molecule has 0 spiro atoms. The molecule has 0 aromatic heterocycles. The van der Waals surface area contributed by atoms with Gasteiger partial charge in [0.05, 0.1) is 11.3 Å². The molecule has 1 heterocycles. The van der Waals surface area contributed by atoms with Crippen molar-refractivity contribution in [3.63, 3.8) is 0 Å². The molecule has 0 fully saturated rings. The molecule has 3 aromatic carbocycles. The first kappa shape index (κ1) is 20.6. The average molecular weight is 431 g/mol. The number of halogens is 1. The summed E-state index contributed by atoms with van der Waals surface area (Å²) in [6, 6.07) is 23.5. The number of nitrogens with zero attached hydrogens (tertiary/aromatic N) is 2. The van der Waals surface area contributed by atoms with Crippen molar-refractivity contribution in [1.29, 1.82) is 0 Å². The summed E-state index contributed by atoms with van der Waals surface area (Å²) in [5.74, 6) is -0.201. The van der Waals surface area contributed by atoms with Gasteiger partial charge in [-0.1, -0.05) is 60.1 Å². The Morgan fingerprint density at radius 1 is 1.00 bits per heavy atom. The van der Waals surface area contributed by atoms with Crippen LogP contribution in [0.25, 0.3) is 6.08 Å². The topological polar surface area (TPSA) is 59.0 Å². The van der Waals surface area contributed by atoms with Gasteiger partial charge in [-0.2, -0.15) is 10.1 Å². The van der Waals surface area contributed by atoms with E-state index in [1.54, 1.807) is 37.3 Å². The van der Waals surface area contributed by atoms with Gasteiger partial charge in [0.25, 0.3) is 11.8 Å². The van der Waals surface area contributed by atoms with E-state index in [1.165, 1.54) is 0 Å². The quantitative estimate of drug-likeness (QED) is 0.404. The van der Waals surface area contributed by atoms with Gasteiger partial charge in [-0.3, -0.25) is 9.59 Å². The summed E-state index contributed by atoms with van der Waals surface area (Å²) in [6.07, 6.45) is 1.72. The molecule has 0 N–H and O–H groups in total. The predicted molar refractivity (Wildman–Crippen MR) is 121 cm³/mol. The molecule has 0 aliphatic carbocycles. The first-order valence-electron chi connectivity index (χ1n) is 9.70. The maximum atomic E-state index is 12.8. The molecule has 0 radical (unpaired) electrons. The number of hydrazone groups is 1. The molecule has 3 aromatic rings. The van der Waals surface area contributed by atoms with Gasteiger partial charge in [-0.25, -0.2) is 0 Å². The summed E-state index contributed by atoms with van der Waals surface area (Å²) in [4.78, 5) is 25.4. The Bertz CT molecular complexity index is 1180. The minimum atomic E-state index is -0.448. The van der Waals surface area contributed by atoms with Crippen molar-refractivity contribution in [3.8, 4) is 5.75 Å². The van der Waals surface area contributed by atoms with Crippen LogP contribution in [0.3, 0.4) is 0 Å². The van der Waals surface area contributed by atoms with Crippen molar-refractivity contribution in [3.05, 3.63) is 106 Å². The third-order valence-corrected chi connectivity index (χ3v) is 5.19. The van der Waals surface area contributed by atoms with E-state index in [0.717, 1.165) is 16.1 Å². The molecule has 1 aliphatic heterocycles. The van der Waals surface area contributed by atoms with Crippen molar-refractivity contribution < 1.29 is 14.3 Å². The Morgan fingerprint density at radius 3 is 2.39 bits per heavy atom. The minimum Gasteiger partial charge on any atom is -0.489 e. The Balaban J connectivity index is 1.46. The Labute approximate surface area is 185 Å². The summed E-state index contributed by atoms with van der Waals surface area (Å²) >= 11 is 6.15. The molecule has 0 saturated carbocycles. The maximum absolute atomic E-state index is 12.8. The monoisotopic (exact) mass is 430 g/mol. The van der Waals surface area contributed by atoms with E-state index in [-0.39, 0.29) is 0 Å². The molecule has 0 atom stereocenters. The molecule has 0 bridgehead atoms. The molecule has 5 nitrogen and oxygen atoms in total. The Kier molecular flexibility index (Phi) is 5.96. The lowest BCUT2D eigenvalue weighted by molar-refractivity contribution is -0.123. The highest BCUT2D eigenvalue weighted by Gasteiger charge is 2.32. The van der Waals surface area contributed by atoms with E-state index >= 15 is 0 Å². The van der Waals surface area contributed by atoms with Crippen molar-refractivity contribution >= 4 is 35.2 Å². The average Bonchev–Trinajstić information content (AvgIpc) is 3.08. The fourth-order valence-corrected chi connectivity index (χ4v) is 3.32. The van der Waals surface area contributed by atoms with Crippen molar-refractivity contribution in [2.24, 2.45) is 5.10 Å². The zero-order valence-corrected chi connectivity index (χ0v) is 17.5. The van der Waals surface area contributed by atoms with Crippen LogP contribution in [0.4, 0.5) is 0 Å². The smallest absolute Gasteiger partial charge is 0.283 e. The number of carbonyl (C=O) groups is 2. The summed E-state index contributed by atoms with van der Waals surface area (Å²) in [5, 5.41) is 5.73. The van der Waals surface area contributed by atoms with Gasteiger partial charge in [0.1, 0.15) is 12.4 Å². The first-order valence-corrected chi connectivity index (χ1v) is 10.1. The predicted octanol–water partition coefficient (Wildman–Crippen LogP) is 5.36. The van der Waals surface area contributed by atoms with Gasteiger partial charge < -0.3 is 4.74 Å². The van der Waals surface area contributed by atoms with Crippen LogP contribution in [0, 0.1) is 0 Å². The maximum Gasteiger partial charge on any atom is 0.283 e. The lowest BCUT2D eigenvalue weighted by Gasteiger charge is -2.09. The van der Waals surface area contributed by atoms with E-state index in [4.69, 9.17) is 16.3 Å². The van der Waals surface area contributed by atoms with E-state index in [0.29, 0.717) is 34.2 Å². The van der Waals surface area contributed by atoms with Gasteiger partial charge in [-0.15, -0.1) is 0 Å². The summed E-state index contributed by atoms with van der Waals surface area (Å²) in [6.45, 7) is 2.07. The number of ether oxygens (including phenoxy) is 1. The molecule has 1 aliphatic rings. The van der Waals surface area contributed by atoms with Gasteiger partial charge in [0.2, 0.25) is 0 Å². The number of rotatable bonds is 5. The summed E-state index contributed by atoms with van der Waals surface area (Å²) in [7, 11) is 0. The van der Waals surface area contributed by atoms with Gasteiger partial charge in [0, 0.05) is 16.1 Å². The van der Waals surface area contributed by atoms with Crippen LogP contribution in [0.2, 0.25) is 5.02 Å². The first-order chi connectivity index (χ1) is 15.0. The minimum absolute atomic E-state index is 0.362. The second-order valence-corrected chi connectivity index (χ2v) is 7.39. The molecule has 0 unspecified atom stereocenters. The molecule has 2 amide bonds. The third kappa shape index (κ3) is 4.57. The number of hydrogen-bond acceptors (Lipinski definition) is 4. The fraction of sp³-hybridized carbons (Fsp3) is 0.0800. The molecule has 4 rings (SSSR count). The molecule has 154 valence electrons. The molecular formula is C25H19ClN2O3. The zero-order valence-electron chi connectivity index (χ0n) is 16.8. The molecular weight excluding hydrogens is 412 g/mol. The molecule has 0 saturated heterocycles. The van der Waals surface area contributed by atoms with Crippen molar-refractivity contribution in [2.75, 3.05) is 0 Å². The van der Waals surface area contributed by atoms with Crippen molar-refractivity contribution in [2.45, 2.75) is 13.5 Å². The number of benzene rings is 3. The number of amides is 2. The van der Waals surface area contributed by atoms with Gasteiger partial charge >= 0.3 is 0 Å². The van der Waals surface area contributed by atoms with Gasteiger partial charge in [0.15, 0.2) is 0 Å². The van der Waals surface area contributed by atoms with Gasteiger partial charge in [-0.05, 0) is 48.9 Å². The highest BCUT2D eigenvalue weighted by molar-refractivity contribution is 6.31. The molecule has 31 heavy (non-hydrogen) atoms. The second-order valence-electron chi connectivity index (χ2n) is 6.98. The SMILES string of the molecule is CC1=NN(C(=O)c2ccccc2)C(=O)/C1=C/c1ccc(OCc2ccccc2Cl)cc1. The van der Waals surface area contributed by atoms with Crippen LogP contribution in [-0.4, -0.2) is 22.5 Å². The van der Waals surface area contributed by atoms with Crippen LogP contribution in [0.15, 0.2) is 89.5 Å². The number of carbonyl (C=O) groups excluding carboxylic acids is 2. The lowest BCUT2D eigenvalue weighted by atomic mass is 10.1. The number of imide groups is 1. The standard InChI is InChI=1S/C25H19ClN2O3/c1-17-22(25(30)28(27-17)24(29)19-7-3-2-4-8-19)15-18-11-13-21(14-12-18)31-16-20-9-5-6-10-23(20)26/h2-15H,16H2,1H3/b22-15+. The lowest BCUT2D eigenvalue weighted by Crippen LogP contribution is -2.29. The summed E-state index contributed by atoms with van der Waals surface area (Å²) < 4.78 is 5.79. The third-order valence-electron chi connectivity index (χ3n) is 4.82. The Hall–Kier alpha value is -3.70. The molecule has 6 heteroatoms. The van der Waals surface area contributed by atoms with Crippen LogP contribution < -0.4 is 4.74 Å². The van der Waals surface area contributed by atoms with E-state index in [1.807, 2.05) is 54.6 Å². The summed E-state index contributed by atoms with van der Waals surface area (Å²) in [5.41, 5.74) is 3.00. The zero-order chi connectivity index (χ0) is 21.8. The second kappa shape index (κ2) is 8.98. The van der Waals surface area contributed by atoms with Crippen LogP contribution >= 0.6 is 11.6 Å². The van der Waals surface area contributed by atoms with Crippen LogP contribution in [0.1, 0.15) is 28.4 Å². The fourth-order valence-electron chi connectivity index (χ4n) is 3.13. The van der Waals surface area contributed by atoms with E-state index in [2.05, 4.69) is 5.10 Å². The van der Waals surface area contributed by atoms with E-state index < -0.39 is 11.8 Å².